The van der Waals surface area contributed by atoms with Gasteiger partial charge in [0.2, 0.25) is 0 Å². The Labute approximate surface area is 106 Å². The Morgan fingerprint density at radius 3 is 2.72 bits per heavy atom. The smallest absolute Gasteiger partial charge is 0.172 e. The third-order valence-electron chi connectivity index (χ3n) is 3.12. The SMILES string of the molecule is CC1CN(c2nc3ccccc3nc2N)CCO1. The van der Waals surface area contributed by atoms with E-state index in [1.54, 1.807) is 0 Å². The summed E-state index contributed by atoms with van der Waals surface area (Å²) in [5.41, 5.74) is 7.72. The summed E-state index contributed by atoms with van der Waals surface area (Å²) in [5, 5.41) is 0. The van der Waals surface area contributed by atoms with E-state index >= 15 is 0 Å². The lowest BCUT2D eigenvalue weighted by molar-refractivity contribution is 0.0530. The zero-order valence-electron chi connectivity index (χ0n) is 10.3. The molecule has 0 amide bonds. The van der Waals surface area contributed by atoms with Gasteiger partial charge in [0.05, 0.1) is 23.7 Å². The number of morpholine rings is 1. The molecule has 2 aromatic rings. The molecule has 2 N–H and O–H groups in total. The minimum absolute atomic E-state index is 0.200. The molecule has 0 bridgehead atoms. The monoisotopic (exact) mass is 244 g/mol. The standard InChI is InChI=1S/C13H16N4O/c1-9-8-17(6-7-18-9)13-12(14)15-10-4-2-3-5-11(10)16-13/h2-5,9H,6-8H2,1H3,(H2,14,15). The van der Waals surface area contributed by atoms with E-state index in [-0.39, 0.29) is 6.10 Å². The maximum absolute atomic E-state index is 6.01. The van der Waals surface area contributed by atoms with Gasteiger partial charge in [-0.1, -0.05) is 12.1 Å². The molecule has 0 saturated carbocycles. The normalized spacial score (nSPS) is 20.3. The summed E-state index contributed by atoms with van der Waals surface area (Å²) in [4.78, 5) is 11.2. The van der Waals surface area contributed by atoms with Crippen LogP contribution in [0.25, 0.3) is 11.0 Å². The van der Waals surface area contributed by atoms with Crippen LogP contribution in [0.4, 0.5) is 11.6 Å². The Hall–Kier alpha value is -1.88. The molecule has 0 spiro atoms. The average molecular weight is 244 g/mol. The van der Waals surface area contributed by atoms with Crippen molar-refractivity contribution in [3.8, 4) is 0 Å². The fourth-order valence-electron chi connectivity index (χ4n) is 2.25. The van der Waals surface area contributed by atoms with Crippen LogP contribution in [0.3, 0.4) is 0 Å². The first-order valence-electron chi connectivity index (χ1n) is 6.13. The Bertz CT molecular complexity index is 572. The molecule has 1 aromatic carbocycles. The van der Waals surface area contributed by atoms with E-state index in [2.05, 4.69) is 21.8 Å². The topological polar surface area (TPSA) is 64.3 Å². The lowest BCUT2D eigenvalue weighted by Crippen LogP contribution is -2.42. The summed E-state index contributed by atoms with van der Waals surface area (Å²) in [6.45, 7) is 4.37. The molecular weight excluding hydrogens is 228 g/mol. The van der Waals surface area contributed by atoms with Crippen LogP contribution in [0.2, 0.25) is 0 Å². The number of aromatic nitrogens is 2. The lowest BCUT2D eigenvalue weighted by atomic mass is 10.2. The predicted molar refractivity (Wildman–Crippen MR) is 71.6 cm³/mol. The van der Waals surface area contributed by atoms with Gasteiger partial charge < -0.3 is 15.4 Å². The third-order valence-corrected chi connectivity index (χ3v) is 3.12. The van der Waals surface area contributed by atoms with Crippen molar-refractivity contribution in [1.29, 1.82) is 0 Å². The van der Waals surface area contributed by atoms with E-state index in [1.807, 2.05) is 24.3 Å². The molecule has 1 aliphatic heterocycles. The maximum atomic E-state index is 6.01. The number of anilines is 2. The summed E-state index contributed by atoms with van der Waals surface area (Å²) in [6, 6.07) is 7.77. The number of rotatable bonds is 1. The fourth-order valence-corrected chi connectivity index (χ4v) is 2.25. The molecule has 0 aliphatic carbocycles. The second-order valence-electron chi connectivity index (χ2n) is 4.55. The molecule has 3 rings (SSSR count). The van der Waals surface area contributed by atoms with Gasteiger partial charge in [-0.25, -0.2) is 9.97 Å². The zero-order chi connectivity index (χ0) is 12.5. The van der Waals surface area contributed by atoms with Gasteiger partial charge in [-0.15, -0.1) is 0 Å². The molecule has 1 fully saturated rings. The van der Waals surface area contributed by atoms with Gasteiger partial charge in [-0.3, -0.25) is 0 Å². The second-order valence-corrected chi connectivity index (χ2v) is 4.55. The zero-order valence-corrected chi connectivity index (χ0v) is 10.3. The molecular formula is C13H16N4O. The number of hydrogen-bond donors (Lipinski definition) is 1. The van der Waals surface area contributed by atoms with Crippen LogP contribution in [0.1, 0.15) is 6.92 Å². The van der Waals surface area contributed by atoms with Crippen LogP contribution in [-0.4, -0.2) is 35.8 Å². The molecule has 94 valence electrons. The molecule has 1 unspecified atom stereocenters. The number of hydrogen-bond acceptors (Lipinski definition) is 5. The Kier molecular flexibility index (Phi) is 2.76. The fraction of sp³-hybridized carbons (Fsp3) is 0.385. The number of nitrogens with zero attached hydrogens (tertiary/aromatic N) is 3. The first-order chi connectivity index (χ1) is 8.74. The molecule has 1 aliphatic rings. The number of benzene rings is 1. The van der Waals surface area contributed by atoms with Gasteiger partial charge in [0.15, 0.2) is 11.6 Å². The average Bonchev–Trinajstić information content (AvgIpc) is 2.38. The highest BCUT2D eigenvalue weighted by molar-refractivity contribution is 5.79. The summed E-state index contributed by atoms with van der Waals surface area (Å²) < 4.78 is 5.53. The van der Waals surface area contributed by atoms with E-state index in [0.29, 0.717) is 12.4 Å². The predicted octanol–water partition coefficient (Wildman–Crippen LogP) is 1.44. The molecule has 1 aromatic heterocycles. The van der Waals surface area contributed by atoms with Crippen molar-refractivity contribution >= 4 is 22.7 Å². The van der Waals surface area contributed by atoms with Crippen molar-refractivity contribution < 1.29 is 4.74 Å². The highest BCUT2D eigenvalue weighted by Crippen LogP contribution is 2.23. The third kappa shape index (κ3) is 1.97. The van der Waals surface area contributed by atoms with Gasteiger partial charge in [0.1, 0.15) is 0 Å². The quantitative estimate of drug-likeness (QED) is 0.822. The molecule has 2 heterocycles. The summed E-state index contributed by atoms with van der Waals surface area (Å²) in [7, 11) is 0. The van der Waals surface area contributed by atoms with Gasteiger partial charge >= 0.3 is 0 Å². The molecule has 1 saturated heterocycles. The first kappa shape index (κ1) is 11.2. The van der Waals surface area contributed by atoms with Crippen LogP contribution < -0.4 is 10.6 Å². The lowest BCUT2D eigenvalue weighted by Gasteiger charge is -2.32. The van der Waals surface area contributed by atoms with Crippen molar-refractivity contribution in [2.45, 2.75) is 13.0 Å². The van der Waals surface area contributed by atoms with Crippen molar-refractivity contribution in [3.63, 3.8) is 0 Å². The minimum Gasteiger partial charge on any atom is -0.381 e. The molecule has 5 nitrogen and oxygen atoms in total. The molecule has 5 heteroatoms. The summed E-state index contributed by atoms with van der Waals surface area (Å²) in [5.74, 6) is 1.26. The number of ether oxygens (including phenoxy) is 1. The number of fused-ring (bicyclic) bond motifs is 1. The van der Waals surface area contributed by atoms with E-state index in [9.17, 15) is 0 Å². The van der Waals surface area contributed by atoms with E-state index in [1.165, 1.54) is 0 Å². The van der Waals surface area contributed by atoms with Crippen molar-refractivity contribution in [2.24, 2.45) is 0 Å². The highest BCUT2D eigenvalue weighted by atomic mass is 16.5. The second kappa shape index (κ2) is 4.42. The molecule has 0 radical (unpaired) electrons. The van der Waals surface area contributed by atoms with E-state index in [0.717, 1.165) is 29.9 Å². The number of nitrogen functional groups attached to an aromatic ring is 1. The van der Waals surface area contributed by atoms with E-state index in [4.69, 9.17) is 10.5 Å². The van der Waals surface area contributed by atoms with Crippen LogP contribution in [0, 0.1) is 0 Å². The molecule has 1 atom stereocenters. The number of para-hydroxylation sites is 2. The first-order valence-corrected chi connectivity index (χ1v) is 6.13. The van der Waals surface area contributed by atoms with Crippen LogP contribution >= 0.6 is 0 Å². The van der Waals surface area contributed by atoms with Crippen molar-refractivity contribution in [3.05, 3.63) is 24.3 Å². The summed E-state index contributed by atoms with van der Waals surface area (Å²) >= 11 is 0. The Morgan fingerprint density at radius 1 is 1.28 bits per heavy atom. The van der Waals surface area contributed by atoms with Gasteiger partial charge in [0.25, 0.3) is 0 Å². The molecule has 18 heavy (non-hydrogen) atoms. The van der Waals surface area contributed by atoms with Crippen LogP contribution in [0.15, 0.2) is 24.3 Å². The highest BCUT2D eigenvalue weighted by Gasteiger charge is 2.20. The number of nitrogens with two attached hydrogens (primary N) is 1. The van der Waals surface area contributed by atoms with Crippen LogP contribution in [0.5, 0.6) is 0 Å². The minimum atomic E-state index is 0.200. The Balaban J connectivity index is 2.02. The van der Waals surface area contributed by atoms with Crippen molar-refractivity contribution in [2.75, 3.05) is 30.3 Å². The van der Waals surface area contributed by atoms with Crippen LogP contribution in [-0.2, 0) is 4.74 Å². The van der Waals surface area contributed by atoms with Gasteiger partial charge in [-0.2, -0.15) is 0 Å². The summed E-state index contributed by atoms with van der Waals surface area (Å²) in [6.07, 6.45) is 0.200. The van der Waals surface area contributed by atoms with Gasteiger partial charge in [-0.05, 0) is 19.1 Å². The Morgan fingerprint density at radius 2 is 2.00 bits per heavy atom. The van der Waals surface area contributed by atoms with Crippen molar-refractivity contribution in [1.82, 2.24) is 9.97 Å². The van der Waals surface area contributed by atoms with Gasteiger partial charge in [0, 0.05) is 13.1 Å². The largest absolute Gasteiger partial charge is 0.381 e. The maximum Gasteiger partial charge on any atom is 0.172 e. The van der Waals surface area contributed by atoms with E-state index < -0.39 is 0 Å².